The third-order valence-electron chi connectivity index (χ3n) is 3.45. The predicted molar refractivity (Wildman–Crippen MR) is 80.1 cm³/mol. The molecule has 0 spiro atoms. The standard InChI is InChI=1S/C13H24N3O.2ClH/c1-4-16(3,5-2)8-9-17-13-10-11(14)6-7-12(13)15;;/h6-7,10H,4-5,8-9,14-15H2,1-3H3;2*1H/q+1;;/p-1. The van der Waals surface area contributed by atoms with E-state index in [1.165, 1.54) is 0 Å². The van der Waals surface area contributed by atoms with Gasteiger partial charge < -0.3 is 33.1 Å². The lowest BCUT2D eigenvalue weighted by Crippen LogP contribution is -3.00. The Kier molecular flexibility index (Phi) is 9.84. The van der Waals surface area contributed by atoms with Gasteiger partial charge in [0.15, 0.2) is 0 Å². The Labute approximate surface area is 128 Å². The predicted octanol–water partition coefficient (Wildman–Crippen LogP) is -0.858. The average Bonchev–Trinajstić information content (AvgIpc) is 2.33. The Hall–Kier alpha value is -0.840. The number of benzene rings is 1. The molecule has 6 heteroatoms. The van der Waals surface area contributed by atoms with Gasteiger partial charge in [0.25, 0.3) is 0 Å². The summed E-state index contributed by atoms with van der Waals surface area (Å²) >= 11 is 0. The Morgan fingerprint density at radius 2 is 1.74 bits per heavy atom. The average molecular weight is 310 g/mol. The van der Waals surface area contributed by atoms with Crippen LogP contribution in [0.1, 0.15) is 13.8 Å². The van der Waals surface area contributed by atoms with E-state index in [1.54, 1.807) is 18.2 Å². The molecule has 0 bridgehead atoms. The number of anilines is 2. The molecule has 0 radical (unpaired) electrons. The largest absolute Gasteiger partial charge is 1.00 e. The lowest BCUT2D eigenvalue weighted by Gasteiger charge is -2.31. The first-order valence-corrected chi connectivity index (χ1v) is 6.12. The third-order valence-corrected chi connectivity index (χ3v) is 3.45. The Morgan fingerprint density at radius 1 is 1.16 bits per heavy atom. The van der Waals surface area contributed by atoms with Crippen LogP contribution in [0.5, 0.6) is 5.75 Å². The van der Waals surface area contributed by atoms with Gasteiger partial charge in [0.1, 0.15) is 18.9 Å². The van der Waals surface area contributed by atoms with Crippen molar-refractivity contribution in [3.8, 4) is 5.75 Å². The van der Waals surface area contributed by atoms with Gasteiger partial charge in [-0.3, -0.25) is 0 Å². The number of hydrogen-bond donors (Lipinski definition) is 2. The maximum atomic E-state index is 5.82. The van der Waals surface area contributed by atoms with Crippen LogP contribution in [-0.2, 0) is 0 Å². The SMILES string of the molecule is CC[N+](C)(CC)CCOc1cc(N)ccc1N.Cl.[Cl-]. The number of ether oxygens (including phenoxy) is 1. The number of quaternary nitrogens is 1. The molecule has 0 fully saturated rings. The van der Waals surface area contributed by atoms with Gasteiger partial charge in [-0.25, -0.2) is 0 Å². The summed E-state index contributed by atoms with van der Waals surface area (Å²) in [5.74, 6) is 0.684. The molecule has 0 amide bonds. The van der Waals surface area contributed by atoms with E-state index in [9.17, 15) is 0 Å². The Balaban J connectivity index is 0. The van der Waals surface area contributed by atoms with E-state index in [4.69, 9.17) is 16.2 Å². The molecule has 0 aromatic heterocycles. The third kappa shape index (κ3) is 6.23. The summed E-state index contributed by atoms with van der Waals surface area (Å²) in [6, 6.07) is 5.33. The number of hydrogen-bond acceptors (Lipinski definition) is 3. The quantitative estimate of drug-likeness (QED) is 0.531. The monoisotopic (exact) mass is 309 g/mol. The molecule has 1 aromatic carbocycles. The molecule has 0 aliphatic carbocycles. The second-order valence-electron chi connectivity index (χ2n) is 4.62. The normalized spacial score (nSPS) is 10.3. The summed E-state index contributed by atoms with van der Waals surface area (Å²) in [7, 11) is 2.23. The Bertz CT molecular complexity index is 371. The van der Waals surface area contributed by atoms with Crippen molar-refractivity contribution < 1.29 is 21.6 Å². The van der Waals surface area contributed by atoms with Crippen LogP contribution in [0.2, 0.25) is 0 Å². The number of nitrogens with zero attached hydrogens (tertiary/aromatic N) is 1. The highest BCUT2D eigenvalue weighted by molar-refractivity contribution is 5.85. The van der Waals surface area contributed by atoms with E-state index in [0.29, 0.717) is 23.7 Å². The minimum atomic E-state index is 0. The van der Waals surface area contributed by atoms with Crippen LogP contribution in [0.25, 0.3) is 0 Å². The number of rotatable bonds is 6. The summed E-state index contributed by atoms with van der Waals surface area (Å²) in [5.41, 5.74) is 12.8. The van der Waals surface area contributed by atoms with Crippen molar-refractivity contribution >= 4 is 23.8 Å². The first-order valence-electron chi connectivity index (χ1n) is 6.12. The fourth-order valence-electron chi connectivity index (χ4n) is 1.59. The molecule has 0 heterocycles. The molecule has 1 aromatic rings. The molecule has 0 aliphatic rings. The molecular weight excluding hydrogens is 285 g/mol. The fourth-order valence-corrected chi connectivity index (χ4v) is 1.59. The summed E-state index contributed by atoms with van der Waals surface area (Å²) < 4.78 is 6.70. The zero-order valence-corrected chi connectivity index (χ0v) is 13.4. The maximum absolute atomic E-state index is 5.82. The van der Waals surface area contributed by atoms with Crippen molar-refractivity contribution in [2.24, 2.45) is 0 Å². The highest BCUT2D eigenvalue weighted by Crippen LogP contribution is 2.23. The topological polar surface area (TPSA) is 61.3 Å². The van der Waals surface area contributed by atoms with Crippen LogP contribution in [0.15, 0.2) is 18.2 Å². The number of nitrogens with two attached hydrogens (primary N) is 2. The highest BCUT2D eigenvalue weighted by atomic mass is 35.5. The maximum Gasteiger partial charge on any atom is 0.144 e. The summed E-state index contributed by atoms with van der Waals surface area (Å²) in [6.07, 6.45) is 0. The van der Waals surface area contributed by atoms with Gasteiger partial charge >= 0.3 is 0 Å². The molecule has 112 valence electrons. The second-order valence-corrected chi connectivity index (χ2v) is 4.62. The number of likely N-dealkylation sites (N-methyl/N-ethyl adjacent to an activating group) is 1. The zero-order valence-electron chi connectivity index (χ0n) is 11.9. The van der Waals surface area contributed by atoms with Crippen molar-refractivity contribution in [2.45, 2.75) is 13.8 Å². The molecule has 1 rings (SSSR count). The molecule has 0 saturated carbocycles. The van der Waals surface area contributed by atoms with Crippen LogP contribution in [0.4, 0.5) is 11.4 Å². The highest BCUT2D eigenvalue weighted by Gasteiger charge is 2.16. The van der Waals surface area contributed by atoms with Crippen LogP contribution in [0, 0.1) is 0 Å². The molecule has 19 heavy (non-hydrogen) atoms. The first kappa shape index (κ1) is 20.5. The van der Waals surface area contributed by atoms with Gasteiger partial charge in [-0.1, -0.05) is 0 Å². The van der Waals surface area contributed by atoms with Gasteiger partial charge in [-0.2, -0.15) is 0 Å². The van der Waals surface area contributed by atoms with E-state index in [0.717, 1.165) is 24.1 Å². The minimum absolute atomic E-state index is 0. The van der Waals surface area contributed by atoms with Gasteiger partial charge in [-0.15, -0.1) is 12.4 Å². The lowest BCUT2D eigenvalue weighted by molar-refractivity contribution is -0.906. The van der Waals surface area contributed by atoms with E-state index in [-0.39, 0.29) is 24.8 Å². The van der Waals surface area contributed by atoms with Gasteiger partial charge in [0.05, 0.1) is 25.8 Å². The van der Waals surface area contributed by atoms with Gasteiger partial charge in [-0.05, 0) is 26.0 Å². The molecule has 4 N–H and O–H groups in total. The summed E-state index contributed by atoms with van der Waals surface area (Å²) in [6.45, 7) is 8.22. The fraction of sp³-hybridized carbons (Fsp3) is 0.538. The van der Waals surface area contributed by atoms with E-state index in [1.807, 2.05) is 0 Å². The van der Waals surface area contributed by atoms with E-state index >= 15 is 0 Å². The molecule has 0 unspecified atom stereocenters. The van der Waals surface area contributed by atoms with Crippen molar-refractivity contribution in [2.75, 3.05) is 44.8 Å². The lowest BCUT2D eigenvalue weighted by atomic mass is 10.2. The number of halogens is 2. The smallest absolute Gasteiger partial charge is 0.144 e. The first-order chi connectivity index (χ1) is 8.00. The van der Waals surface area contributed by atoms with Crippen LogP contribution in [0.3, 0.4) is 0 Å². The van der Waals surface area contributed by atoms with Crippen molar-refractivity contribution in [3.63, 3.8) is 0 Å². The molecular formula is C13H25Cl2N3O. The van der Waals surface area contributed by atoms with Crippen LogP contribution in [-0.4, -0.2) is 37.8 Å². The van der Waals surface area contributed by atoms with Crippen LogP contribution >= 0.6 is 12.4 Å². The summed E-state index contributed by atoms with van der Waals surface area (Å²) in [4.78, 5) is 0. The van der Waals surface area contributed by atoms with E-state index in [2.05, 4.69) is 20.9 Å². The minimum Gasteiger partial charge on any atom is -1.00 e. The second kappa shape index (κ2) is 9.13. The van der Waals surface area contributed by atoms with Crippen molar-refractivity contribution in [3.05, 3.63) is 18.2 Å². The van der Waals surface area contributed by atoms with Crippen molar-refractivity contribution in [1.29, 1.82) is 0 Å². The van der Waals surface area contributed by atoms with Gasteiger partial charge in [0, 0.05) is 11.8 Å². The molecule has 0 atom stereocenters. The van der Waals surface area contributed by atoms with Crippen molar-refractivity contribution in [1.82, 2.24) is 0 Å². The number of nitrogen functional groups attached to an aromatic ring is 2. The molecule has 0 saturated heterocycles. The summed E-state index contributed by atoms with van der Waals surface area (Å²) in [5, 5.41) is 0. The van der Waals surface area contributed by atoms with Crippen LogP contribution < -0.4 is 28.6 Å². The van der Waals surface area contributed by atoms with Gasteiger partial charge in [0.2, 0.25) is 0 Å². The van der Waals surface area contributed by atoms with E-state index < -0.39 is 0 Å². The zero-order chi connectivity index (χ0) is 12.9. The molecule has 0 aliphatic heterocycles. The molecule has 4 nitrogen and oxygen atoms in total. The Morgan fingerprint density at radius 3 is 2.26 bits per heavy atom.